The van der Waals surface area contributed by atoms with Crippen molar-refractivity contribution in [2.75, 3.05) is 50.7 Å². The molecular formula is C20H23F3N2O3. The van der Waals surface area contributed by atoms with Crippen molar-refractivity contribution in [3.8, 4) is 0 Å². The number of anilines is 2. The third-order valence-corrected chi connectivity index (χ3v) is 4.08. The standard InChI is InChI=1S/C20H23F3N2O3/c1-27-12-10-25(11-13-28-2)18-9-8-16(20(21,22)23)14-17(18)24-19(26)15-6-4-3-5-7-15/h3-9,14H,10-13H2,1-2H3,(H,24,26). The molecule has 2 aromatic carbocycles. The first-order valence-corrected chi connectivity index (χ1v) is 8.67. The maximum absolute atomic E-state index is 13.2. The highest BCUT2D eigenvalue weighted by Gasteiger charge is 2.31. The molecule has 8 heteroatoms. The first kappa shape index (κ1) is 21.7. The van der Waals surface area contributed by atoms with Crippen molar-refractivity contribution >= 4 is 17.3 Å². The first-order valence-electron chi connectivity index (χ1n) is 8.67. The number of rotatable bonds is 9. The first-order chi connectivity index (χ1) is 13.4. The predicted octanol–water partition coefficient (Wildman–Crippen LogP) is 4.06. The molecule has 0 aliphatic heterocycles. The lowest BCUT2D eigenvalue weighted by Crippen LogP contribution is -2.31. The monoisotopic (exact) mass is 396 g/mol. The fourth-order valence-electron chi connectivity index (χ4n) is 2.63. The van der Waals surface area contributed by atoms with Crippen LogP contribution in [0.2, 0.25) is 0 Å². The molecule has 1 N–H and O–H groups in total. The van der Waals surface area contributed by atoms with Crippen LogP contribution in [0.5, 0.6) is 0 Å². The molecule has 0 saturated carbocycles. The lowest BCUT2D eigenvalue weighted by atomic mass is 10.1. The summed E-state index contributed by atoms with van der Waals surface area (Å²) >= 11 is 0. The summed E-state index contributed by atoms with van der Waals surface area (Å²) in [4.78, 5) is 14.3. The van der Waals surface area contributed by atoms with Crippen molar-refractivity contribution in [1.82, 2.24) is 0 Å². The second-order valence-corrected chi connectivity index (χ2v) is 6.02. The Morgan fingerprint density at radius 3 is 2.14 bits per heavy atom. The van der Waals surface area contributed by atoms with Crippen LogP contribution in [0.1, 0.15) is 15.9 Å². The predicted molar refractivity (Wildman–Crippen MR) is 102 cm³/mol. The summed E-state index contributed by atoms with van der Waals surface area (Å²) in [6.07, 6.45) is -4.52. The molecule has 5 nitrogen and oxygen atoms in total. The van der Waals surface area contributed by atoms with Crippen LogP contribution in [0.3, 0.4) is 0 Å². The molecule has 0 unspecified atom stereocenters. The van der Waals surface area contributed by atoms with Crippen molar-refractivity contribution in [1.29, 1.82) is 0 Å². The number of ether oxygens (including phenoxy) is 2. The SMILES string of the molecule is COCCN(CCOC)c1ccc(C(F)(F)F)cc1NC(=O)c1ccccc1. The van der Waals surface area contributed by atoms with E-state index in [-0.39, 0.29) is 5.69 Å². The van der Waals surface area contributed by atoms with E-state index in [1.54, 1.807) is 44.6 Å². The van der Waals surface area contributed by atoms with Crippen LogP contribution in [0.25, 0.3) is 0 Å². The number of amides is 1. The fraction of sp³-hybridized carbons (Fsp3) is 0.350. The summed E-state index contributed by atoms with van der Waals surface area (Å²) in [5.74, 6) is -0.486. The summed E-state index contributed by atoms with van der Waals surface area (Å²) < 4.78 is 49.8. The summed E-state index contributed by atoms with van der Waals surface area (Å²) in [6.45, 7) is 1.60. The Kier molecular flexibility index (Phi) is 7.83. The highest BCUT2D eigenvalue weighted by molar-refractivity contribution is 6.06. The van der Waals surface area contributed by atoms with Crippen molar-refractivity contribution in [3.05, 3.63) is 59.7 Å². The van der Waals surface area contributed by atoms with E-state index in [2.05, 4.69) is 5.32 Å². The zero-order valence-corrected chi connectivity index (χ0v) is 15.8. The van der Waals surface area contributed by atoms with Gasteiger partial charge in [0.1, 0.15) is 0 Å². The Bertz CT molecular complexity index is 759. The molecule has 0 aliphatic rings. The smallest absolute Gasteiger partial charge is 0.383 e. The lowest BCUT2D eigenvalue weighted by Gasteiger charge is -2.27. The van der Waals surface area contributed by atoms with Gasteiger partial charge in [-0.1, -0.05) is 18.2 Å². The summed E-state index contributed by atoms with van der Waals surface area (Å²) in [6, 6.07) is 11.6. The Morgan fingerprint density at radius 1 is 1.00 bits per heavy atom. The minimum absolute atomic E-state index is 0.0795. The van der Waals surface area contributed by atoms with E-state index in [9.17, 15) is 18.0 Å². The van der Waals surface area contributed by atoms with Gasteiger partial charge in [0.15, 0.2) is 0 Å². The molecule has 0 fully saturated rings. The molecule has 0 aromatic heterocycles. The van der Waals surface area contributed by atoms with E-state index < -0.39 is 17.6 Å². The lowest BCUT2D eigenvalue weighted by molar-refractivity contribution is -0.137. The van der Waals surface area contributed by atoms with Crippen LogP contribution >= 0.6 is 0 Å². The van der Waals surface area contributed by atoms with Gasteiger partial charge in [-0.05, 0) is 30.3 Å². The maximum Gasteiger partial charge on any atom is 0.416 e. The van der Waals surface area contributed by atoms with E-state index >= 15 is 0 Å². The molecule has 0 heterocycles. The van der Waals surface area contributed by atoms with Gasteiger partial charge >= 0.3 is 6.18 Å². The van der Waals surface area contributed by atoms with Gasteiger partial charge in [-0.2, -0.15) is 13.2 Å². The van der Waals surface area contributed by atoms with Crippen LogP contribution in [-0.4, -0.2) is 46.4 Å². The number of methoxy groups -OCH3 is 2. The van der Waals surface area contributed by atoms with Crippen molar-refractivity contribution in [2.45, 2.75) is 6.18 Å². The highest BCUT2D eigenvalue weighted by Crippen LogP contribution is 2.35. The van der Waals surface area contributed by atoms with E-state index in [0.717, 1.165) is 12.1 Å². The van der Waals surface area contributed by atoms with Gasteiger partial charge < -0.3 is 19.7 Å². The normalized spacial score (nSPS) is 11.3. The number of alkyl halides is 3. The summed E-state index contributed by atoms with van der Waals surface area (Å²) in [5.41, 5.74) is 0.0616. The van der Waals surface area contributed by atoms with Gasteiger partial charge in [-0.3, -0.25) is 4.79 Å². The zero-order valence-electron chi connectivity index (χ0n) is 15.8. The van der Waals surface area contributed by atoms with Crippen LogP contribution in [0.4, 0.5) is 24.5 Å². The van der Waals surface area contributed by atoms with E-state index in [4.69, 9.17) is 9.47 Å². The largest absolute Gasteiger partial charge is 0.416 e. The van der Waals surface area contributed by atoms with Crippen molar-refractivity contribution in [2.24, 2.45) is 0 Å². The number of nitrogens with one attached hydrogen (secondary N) is 1. The Morgan fingerprint density at radius 2 is 1.61 bits per heavy atom. The van der Waals surface area contributed by atoms with E-state index in [1.165, 1.54) is 6.07 Å². The molecule has 0 spiro atoms. The number of carbonyl (C=O) groups excluding carboxylic acids is 1. The van der Waals surface area contributed by atoms with Crippen molar-refractivity contribution in [3.63, 3.8) is 0 Å². The highest BCUT2D eigenvalue weighted by atomic mass is 19.4. The molecule has 0 atom stereocenters. The summed E-state index contributed by atoms with van der Waals surface area (Å²) in [5, 5.41) is 2.61. The van der Waals surface area contributed by atoms with Gasteiger partial charge in [0, 0.05) is 32.9 Å². The minimum atomic E-state index is -4.52. The average Bonchev–Trinajstić information content (AvgIpc) is 2.68. The quantitative estimate of drug-likeness (QED) is 0.695. The molecule has 28 heavy (non-hydrogen) atoms. The van der Waals surface area contributed by atoms with Gasteiger partial charge in [0.25, 0.3) is 5.91 Å². The van der Waals surface area contributed by atoms with Gasteiger partial charge in [0.2, 0.25) is 0 Å². The second kappa shape index (κ2) is 10.1. The average molecular weight is 396 g/mol. The molecule has 2 aromatic rings. The number of carbonyl (C=O) groups is 1. The molecule has 0 bridgehead atoms. The van der Waals surface area contributed by atoms with Crippen LogP contribution < -0.4 is 10.2 Å². The molecule has 0 saturated heterocycles. The molecule has 2 rings (SSSR count). The Labute approximate surface area is 162 Å². The Balaban J connectivity index is 2.40. The number of hydrogen-bond donors (Lipinski definition) is 1. The van der Waals surface area contributed by atoms with Crippen LogP contribution in [0.15, 0.2) is 48.5 Å². The van der Waals surface area contributed by atoms with Gasteiger partial charge in [-0.15, -0.1) is 0 Å². The zero-order chi connectivity index (χ0) is 20.6. The third-order valence-electron chi connectivity index (χ3n) is 4.08. The second-order valence-electron chi connectivity index (χ2n) is 6.02. The van der Waals surface area contributed by atoms with Crippen LogP contribution in [0, 0.1) is 0 Å². The van der Waals surface area contributed by atoms with Crippen molar-refractivity contribution < 1.29 is 27.4 Å². The summed E-state index contributed by atoms with van der Waals surface area (Å²) in [7, 11) is 3.08. The molecule has 1 amide bonds. The van der Waals surface area contributed by atoms with Crippen LogP contribution in [-0.2, 0) is 15.7 Å². The number of nitrogens with zero attached hydrogens (tertiary/aromatic N) is 1. The van der Waals surface area contributed by atoms with E-state index in [1.807, 2.05) is 4.90 Å². The number of hydrogen-bond acceptors (Lipinski definition) is 4. The molecule has 152 valence electrons. The third kappa shape index (κ3) is 5.97. The van der Waals surface area contributed by atoms with Gasteiger partial charge in [0.05, 0.1) is 30.2 Å². The van der Waals surface area contributed by atoms with Gasteiger partial charge in [-0.25, -0.2) is 0 Å². The number of halogens is 3. The maximum atomic E-state index is 13.2. The Hall–Kier alpha value is -2.58. The fourth-order valence-corrected chi connectivity index (χ4v) is 2.63. The molecular weight excluding hydrogens is 373 g/mol. The molecule has 0 radical (unpaired) electrons. The minimum Gasteiger partial charge on any atom is -0.383 e. The van der Waals surface area contributed by atoms with E-state index in [0.29, 0.717) is 37.6 Å². The molecule has 0 aliphatic carbocycles. The topological polar surface area (TPSA) is 50.8 Å². The number of benzene rings is 2.